The Kier molecular flexibility index (Phi) is 5.71. The number of carbonyl (C=O) groups is 2. The van der Waals surface area contributed by atoms with E-state index in [1.807, 2.05) is 0 Å². The Morgan fingerprint density at radius 3 is 2.57 bits per heavy atom. The summed E-state index contributed by atoms with van der Waals surface area (Å²) in [5.41, 5.74) is -0.514. The Bertz CT molecular complexity index is 516. The van der Waals surface area contributed by atoms with Crippen LogP contribution in [0.2, 0.25) is 0 Å². The third-order valence-corrected chi connectivity index (χ3v) is 2.55. The molecule has 8 heteroatoms. The van der Waals surface area contributed by atoms with Gasteiger partial charge in [-0.25, -0.2) is 4.79 Å². The zero-order chi connectivity index (χ0) is 16.0. The topological polar surface area (TPSA) is 75.6 Å². The first-order chi connectivity index (χ1) is 9.70. The van der Waals surface area contributed by atoms with E-state index in [0.717, 1.165) is 12.1 Å². The minimum absolute atomic E-state index is 0.288. The number of nitrogens with one attached hydrogen (secondary N) is 1. The van der Waals surface area contributed by atoms with Crippen LogP contribution in [-0.4, -0.2) is 30.2 Å². The zero-order valence-electron chi connectivity index (χ0n) is 11.1. The molecule has 1 aromatic rings. The number of rotatable bonds is 6. The maximum Gasteiger partial charge on any atom is 0.416 e. The average molecular weight is 305 g/mol. The van der Waals surface area contributed by atoms with Gasteiger partial charge >= 0.3 is 12.1 Å². The van der Waals surface area contributed by atoms with Gasteiger partial charge in [-0.1, -0.05) is 12.1 Å². The molecule has 5 nitrogen and oxygen atoms in total. The molecular formula is C13H14F3NO4. The largest absolute Gasteiger partial charge is 0.480 e. The smallest absolute Gasteiger partial charge is 0.416 e. The van der Waals surface area contributed by atoms with E-state index in [1.54, 1.807) is 0 Å². The molecule has 0 spiro atoms. The third kappa shape index (κ3) is 5.82. The molecule has 2 N–H and O–H groups in total. The SMILES string of the molecule is CC(NC(=O)COCC(=O)O)c1cccc(C(F)(F)F)c1. The maximum atomic E-state index is 12.6. The van der Waals surface area contributed by atoms with Crippen LogP contribution in [0, 0.1) is 0 Å². The number of ether oxygens (including phenoxy) is 1. The maximum absolute atomic E-state index is 12.6. The third-order valence-electron chi connectivity index (χ3n) is 2.55. The van der Waals surface area contributed by atoms with Gasteiger partial charge in [0.1, 0.15) is 13.2 Å². The fourth-order valence-electron chi connectivity index (χ4n) is 1.58. The molecule has 1 unspecified atom stereocenters. The van der Waals surface area contributed by atoms with Crippen LogP contribution < -0.4 is 5.32 Å². The highest BCUT2D eigenvalue weighted by molar-refractivity contribution is 5.78. The lowest BCUT2D eigenvalue weighted by atomic mass is 10.0. The van der Waals surface area contributed by atoms with Gasteiger partial charge in [0.25, 0.3) is 0 Å². The summed E-state index contributed by atoms with van der Waals surface area (Å²) in [5.74, 6) is -1.82. The Labute approximate surface area is 118 Å². The molecule has 0 aliphatic heterocycles. The van der Waals surface area contributed by atoms with E-state index in [9.17, 15) is 22.8 Å². The number of carboxylic acids is 1. The molecule has 0 heterocycles. The molecule has 1 rings (SSSR count). The van der Waals surface area contributed by atoms with E-state index < -0.39 is 42.9 Å². The standard InChI is InChI=1S/C13H14F3NO4/c1-8(17-11(18)6-21-7-12(19)20)9-3-2-4-10(5-9)13(14,15)16/h2-5,8H,6-7H2,1H3,(H,17,18)(H,19,20). The van der Waals surface area contributed by atoms with E-state index in [-0.39, 0.29) is 5.56 Å². The molecule has 0 bridgehead atoms. The van der Waals surface area contributed by atoms with Crippen LogP contribution >= 0.6 is 0 Å². The molecule has 0 saturated heterocycles. The van der Waals surface area contributed by atoms with Crippen molar-refractivity contribution in [2.24, 2.45) is 0 Å². The minimum Gasteiger partial charge on any atom is -0.480 e. The van der Waals surface area contributed by atoms with Crippen molar-refractivity contribution in [1.29, 1.82) is 0 Å². The Morgan fingerprint density at radius 1 is 1.33 bits per heavy atom. The highest BCUT2D eigenvalue weighted by Gasteiger charge is 2.30. The van der Waals surface area contributed by atoms with Gasteiger partial charge in [-0.2, -0.15) is 13.2 Å². The number of benzene rings is 1. The fourth-order valence-corrected chi connectivity index (χ4v) is 1.58. The fraction of sp³-hybridized carbons (Fsp3) is 0.385. The first kappa shape index (κ1) is 17.0. The monoisotopic (exact) mass is 305 g/mol. The molecule has 0 saturated carbocycles. The lowest BCUT2D eigenvalue weighted by Gasteiger charge is -2.16. The van der Waals surface area contributed by atoms with Crippen molar-refractivity contribution in [3.63, 3.8) is 0 Å². The number of hydrogen-bond acceptors (Lipinski definition) is 3. The van der Waals surface area contributed by atoms with E-state index >= 15 is 0 Å². The van der Waals surface area contributed by atoms with Gasteiger partial charge < -0.3 is 15.2 Å². The number of carboxylic acid groups (broad SMARTS) is 1. The van der Waals surface area contributed by atoms with Crippen LogP contribution in [0.5, 0.6) is 0 Å². The number of halogens is 3. The van der Waals surface area contributed by atoms with Crippen molar-refractivity contribution in [2.75, 3.05) is 13.2 Å². The lowest BCUT2D eigenvalue weighted by molar-refractivity contribution is -0.143. The Balaban J connectivity index is 2.61. The first-order valence-electron chi connectivity index (χ1n) is 5.96. The van der Waals surface area contributed by atoms with Crippen molar-refractivity contribution < 1.29 is 32.6 Å². The number of aliphatic carboxylic acids is 1. The summed E-state index contributed by atoms with van der Waals surface area (Å²) in [6, 6.07) is 3.94. The second kappa shape index (κ2) is 7.07. The predicted molar refractivity (Wildman–Crippen MR) is 66.5 cm³/mol. The van der Waals surface area contributed by atoms with Crippen LogP contribution in [-0.2, 0) is 20.5 Å². The zero-order valence-corrected chi connectivity index (χ0v) is 11.1. The summed E-state index contributed by atoms with van der Waals surface area (Å²) < 4.78 is 42.3. The molecule has 0 aliphatic carbocycles. The summed E-state index contributed by atoms with van der Waals surface area (Å²) in [4.78, 5) is 21.6. The minimum atomic E-state index is -4.45. The van der Waals surface area contributed by atoms with Gasteiger partial charge in [0.2, 0.25) is 5.91 Å². The van der Waals surface area contributed by atoms with Gasteiger partial charge in [-0.05, 0) is 24.6 Å². The molecule has 1 aromatic carbocycles. The van der Waals surface area contributed by atoms with Crippen LogP contribution in [0.15, 0.2) is 24.3 Å². The Hall–Kier alpha value is -2.09. The summed E-state index contributed by atoms with van der Waals surface area (Å²) in [6.45, 7) is 0.422. The quantitative estimate of drug-likeness (QED) is 0.842. The second-order valence-corrected chi connectivity index (χ2v) is 4.30. The van der Waals surface area contributed by atoms with Crippen molar-refractivity contribution in [2.45, 2.75) is 19.1 Å². The number of amides is 1. The number of carbonyl (C=O) groups excluding carboxylic acids is 1. The molecule has 1 atom stereocenters. The Morgan fingerprint density at radius 2 is 2.00 bits per heavy atom. The number of hydrogen-bond donors (Lipinski definition) is 2. The first-order valence-corrected chi connectivity index (χ1v) is 5.96. The molecule has 1 amide bonds. The summed E-state index contributed by atoms with van der Waals surface area (Å²) in [6.07, 6.45) is -4.45. The molecule has 0 aliphatic rings. The van der Waals surface area contributed by atoms with Gasteiger partial charge in [-0.3, -0.25) is 4.79 Å². The molecular weight excluding hydrogens is 291 g/mol. The van der Waals surface area contributed by atoms with Crippen LogP contribution in [0.1, 0.15) is 24.1 Å². The van der Waals surface area contributed by atoms with E-state index in [2.05, 4.69) is 10.1 Å². The normalized spacial score (nSPS) is 12.8. The molecule has 0 fully saturated rings. The summed E-state index contributed by atoms with van der Waals surface area (Å²) in [5, 5.41) is 10.8. The van der Waals surface area contributed by atoms with Crippen molar-refractivity contribution in [3.8, 4) is 0 Å². The summed E-state index contributed by atoms with van der Waals surface area (Å²) in [7, 11) is 0. The van der Waals surface area contributed by atoms with E-state index in [1.165, 1.54) is 19.1 Å². The predicted octanol–water partition coefficient (Wildman–Crippen LogP) is 1.98. The van der Waals surface area contributed by atoms with Crippen LogP contribution in [0.3, 0.4) is 0 Å². The highest BCUT2D eigenvalue weighted by atomic mass is 19.4. The van der Waals surface area contributed by atoms with E-state index in [4.69, 9.17) is 5.11 Å². The lowest BCUT2D eigenvalue weighted by Crippen LogP contribution is -2.31. The van der Waals surface area contributed by atoms with Gasteiger partial charge in [0.15, 0.2) is 0 Å². The molecule has 116 valence electrons. The van der Waals surface area contributed by atoms with Crippen LogP contribution in [0.4, 0.5) is 13.2 Å². The molecule has 0 radical (unpaired) electrons. The van der Waals surface area contributed by atoms with Crippen LogP contribution in [0.25, 0.3) is 0 Å². The molecule has 0 aromatic heterocycles. The molecule has 21 heavy (non-hydrogen) atoms. The van der Waals surface area contributed by atoms with E-state index in [0.29, 0.717) is 0 Å². The van der Waals surface area contributed by atoms with Crippen molar-refractivity contribution in [1.82, 2.24) is 5.32 Å². The van der Waals surface area contributed by atoms with Gasteiger partial charge in [0, 0.05) is 0 Å². The van der Waals surface area contributed by atoms with Gasteiger partial charge in [-0.15, -0.1) is 0 Å². The number of alkyl halides is 3. The van der Waals surface area contributed by atoms with Gasteiger partial charge in [0.05, 0.1) is 11.6 Å². The highest BCUT2D eigenvalue weighted by Crippen LogP contribution is 2.30. The average Bonchev–Trinajstić information content (AvgIpc) is 2.37. The van der Waals surface area contributed by atoms with Crippen molar-refractivity contribution in [3.05, 3.63) is 35.4 Å². The summed E-state index contributed by atoms with van der Waals surface area (Å²) >= 11 is 0. The van der Waals surface area contributed by atoms with Crippen molar-refractivity contribution >= 4 is 11.9 Å². The second-order valence-electron chi connectivity index (χ2n) is 4.30.